The van der Waals surface area contributed by atoms with Gasteiger partial charge in [0.15, 0.2) is 0 Å². The van der Waals surface area contributed by atoms with Gasteiger partial charge in [-0.25, -0.2) is 4.68 Å². The molecule has 0 aliphatic heterocycles. The Morgan fingerprint density at radius 3 is 2.36 bits per heavy atom. The van der Waals surface area contributed by atoms with Crippen LogP contribution in [0.4, 0.5) is 0 Å². The van der Waals surface area contributed by atoms with Crippen molar-refractivity contribution in [1.82, 2.24) is 9.78 Å². The summed E-state index contributed by atoms with van der Waals surface area (Å²) in [6.45, 7) is 2.64. The SMILES string of the molecule is CCCc1ccc(OCc2ccc(C(=O)n3cc(Br)cn3)cc2)cc1. The van der Waals surface area contributed by atoms with E-state index in [0.717, 1.165) is 28.6 Å². The molecular formula is C20H19BrN2O2. The van der Waals surface area contributed by atoms with Gasteiger partial charge in [-0.15, -0.1) is 0 Å². The van der Waals surface area contributed by atoms with E-state index in [1.54, 1.807) is 24.5 Å². The molecule has 0 amide bonds. The molecule has 128 valence electrons. The second kappa shape index (κ2) is 8.12. The first-order valence-electron chi connectivity index (χ1n) is 8.21. The number of ether oxygens (including phenoxy) is 1. The molecule has 0 aliphatic carbocycles. The zero-order valence-electron chi connectivity index (χ0n) is 14.0. The largest absolute Gasteiger partial charge is 0.489 e. The van der Waals surface area contributed by atoms with E-state index in [0.29, 0.717) is 12.2 Å². The van der Waals surface area contributed by atoms with Crippen LogP contribution in [0.25, 0.3) is 0 Å². The van der Waals surface area contributed by atoms with Crippen molar-refractivity contribution < 1.29 is 9.53 Å². The molecule has 0 atom stereocenters. The molecule has 2 aromatic carbocycles. The number of hydrogen-bond donors (Lipinski definition) is 0. The van der Waals surface area contributed by atoms with E-state index in [1.807, 2.05) is 24.3 Å². The predicted octanol–water partition coefficient (Wildman–Crippen LogP) is 4.87. The third kappa shape index (κ3) is 4.57. The van der Waals surface area contributed by atoms with E-state index in [4.69, 9.17) is 4.74 Å². The molecule has 0 N–H and O–H groups in total. The van der Waals surface area contributed by atoms with Crippen LogP contribution in [0.15, 0.2) is 65.4 Å². The average molecular weight is 399 g/mol. The van der Waals surface area contributed by atoms with E-state index in [-0.39, 0.29) is 5.91 Å². The molecule has 0 spiro atoms. The van der Waals surface area contributed by atoms with E-state index >= 15 is 0 Å². The highest BCUT2D eigenvalue weighted by molar-refractivity contribution is 9.10. The number of carbonyl (C=O) groups excluding carboxylic acids is 1. The Bertz CT molecular complexity index is 839. The first-order chi connectivity index (χ1) is 12.2. The highest BCUT2D eigenvalue weighted by Crippen LogP contribution is 2.16. The van der Waals surface area contributed by atoms with Gasteiger partial charge in [-0.3, -0.25) is 4.79 Å². The molecule has 0 fully saturated rings. The number of benzene rings is 2. The minimum absolute atomic E-state index is 0.162. The summed E-state index contributed by atoms with van der Waals surface area (Å²) in [4.78, 5) is 12.3. The van der Waals surface area contributed by atoms with Crippen LogP contribution in [0.3, 0.4) is 0 Å². The Kier molecular flexibility index (Phi) is 5.66. The third-order valence-electron chi connectivity index (χ3n) is 3.83. The maximum atomic E-state index is 12.3. The summed E-state index contributed by atoms with van der Waals surface area (Å²) in [5, 5.41) is 4.01. The summed E-state index contributed by atoms with van der Waals surface area (Å²) in [5.74, 6) is 0.686. The van der Waals surface area contributed by atoms with E-state index in [2.05, 4.69) is 40.1 Å². The number of aryl methyl sites for hydroxylation is 1. The lowest BCUT2D eigenvalue weighted by Gasteiger charge is -2.08. The van der Waals surface area contributed by atoms with Crippen LogP contribution in [-0.4, -0.2) is 15.7 Å². The molecule has 4 nitrogen and oxygen atoms in total. The van der Waals surface area contributed by atoms with Gasteiger partial charge in [0.2, 0.25) is 0 Å². The lowest BCUT2D eigenvalue weighted by Crippen LogP contribution is -2.12. The minimum atomic E-state index is -0.162. The van der Waals surface area contributed by atoms with E-state index in [1.165, 1.54) is 10.2 Å². The number of halogens is 1. The van der Waals surface area contributed by atoms with Crippen molar-refractivity contribution in [1.29, 1.82) is 0 Å². The standard InChI is InChI=1S/C20H19BrN2O2/c1-2-3-15-6-10-19(11-7-15)25-14-16-4-8-17(9-5-16)20(24)23-13-18(21)12-22-23/h4-13H,2-3,14H2,1H3. The Morgan fingerprint density at radius 2 is 1.76 bits per heavy atom. The normalized spacial score (nSPS) is 10.6. The number of nitrogens with zero attached hydrogens (tertiary/aromatic N) is 2. The van der Waals surface area contributed by atoms with Crippen LogP contribution in [0.2, 0.25) is 0 Å². The summed E-state index contributed by atoms with van der Waals surface area (Å²) >= 11 is 3.29. The predicted molar refractivity (Wildman–Crippen MR) is 101 cm³/mol. The number of aromatic nitrogens is 2. The first-order valence-corrected chi connectivity index (χ1v) is 9.00. The Labute approximate surface area is 155 Å². The van der Waals surface area contributed by atoms with Gasteiger partial charge in [-0.05, 0) is 57.7 Å². The van der Waals surface area contributed by atoms with E-state index < -0.39 is 0 Å². The summed E-state index contributed by atoms with van der Waals surface area (Å²) in [5.41, 5.74) is 2.92. The Morgan fingerprint density at radius 1 is 1.08 bits per heavy atom. The number of rotatable bonds is 6. The summed E-state index contributed by atoms with van der Waals surface area (Å²) in [6, 6.07) is 15.6. The molecule has 0 saturated carbocycles. The van der Waals surface area contributed by atoms with Crippen LogP contribution < -0.4 is 4.74 Å². The first kappa shape index (κ1) is 17.4. The topological polar surface area (TPSA) is 44.1 Å². The van der Waals surface area contributed by atoms with Crippen molar-refractivity contribution >= 4 is 21.8 Å². The molecular weight excluding hydrogens is 380 g/mol. The lowest BCUT2D eigenvalue weighted by molar-refractivity contribution is 0.0945. The van der Waals surface area contributed by atoms with Crippen molar-refractivity contribution in [2.45, 2.75) is 26.4 Å². The molecule has 3 rings (SSSR count). The second-order valence-corrected chi connectivity index (χ2v) is 6.70. The summed E-state index contributed by atoms with van der Waals surface area (Å²) < 4.78 is 7.89. The maximum Gasteiger partial charge on any atom is 0.278 e. The van der Waals surface area contributed by atoms with E-state index in [9.17, 15) is 4.79 Å². The molecule has 25 heavy (non-hydrogen) atoms. The molecule has 0 bridgehead atoms. The number of carbonyl (C=O) groups is 1. The smallest absolute Gasteiger partial charge is 0.278 e. The zero-order valence-corrected chi connectivity index (χ0v) is 15.6. The molecule has 1 aromatic heterocycles. The molecule has 0 radical (unpaired) electrons. The highest BCUT2D eigenvalue weighted by Gasteiger charge is 2.09. The van der Waals surface area contributed by atoms with Crippen molar-refractivity contribution in [3.05, 3.63) is 82.1 Å². The minimum Gasteiger partial charge on any atom is -0.489 e. The monoisotopic (exact) mass is 398 g/mol. The van der Waals surface area contributed by atoms with Crippen molar-refractivity contribution in [2.75, 3.05) is 0 Å². The van der Waals surface area contributed by atoms with Gasteiger partial charge in [-0.2, -0.15) is 5.10 Å². The van der Waals surface area contributed by atoms with Crippen molar-refractivity contribution in [3.8, 4) is 5.75 Å². The molecule has 0 saturated heterocycles. The fraction of sp³-hybridized carbons (Fsp3) is 0.200. The fourth-order valence-corrected chi connectivity index (χ4v) is 2.78. The van der Waals surface area contributed by atoms with Crippen LogP contribution >= 0.6 is 15.9 Å². The zero-order chi connectivity index (χ0) is 17.6. The van der Waals surface area contributed by atoms with Crippen molar-refractivity contribution in [3.63, 3.8) is 0 Å². The van der Waals surface area contributed by atoms with Crippen LogP contribution in [-0.2, 0) is 13.0 Å². The van der Waals surface area contributed by atoms with Gasteiger partial charge in [0.1, 0.15) is 12.4 Å². The van der Waals surface area contributed by atoms with Gasteiger partial charge in [0.05, 0.1) is 10.7 Å². The quantitative estimate of drug-likeness (QED) is 0.594. The van der Waals surface area contributed by atoms with Gasteiger partial charge < -0.3 is 4.74 Å². The molecule has 0 unspecified atom stereocenters. The fourth-order valence-electron chi connectivity index (χ4n) is 2.50. The summed E-state index contributed by atoms with van der Waals surface area (Å²) in [7, 11) is 0. The van der Waals surface area contributed by atoms with Crippen molar-refractivity contribution in [2.24, 2.45) is 0 Å². The molecule has 5 heteroatoms. The second-order valence-electron chi connectivity index (χ2n) is 5.79. The van der Waals surface area contributed by atoms with Crippen LogP contribution in [0.1, 0.15) is 34.8 Å². The lowest BCUT2D eigenvalue weighted by atomic mass is 10.1. The summed E-state index contributed by atoms with van der Waals surface area (Å²) in [6.07, 6.45) is 5.46. The maximum absolute atomic E-state index is 12.3. The van der Waals surface area contributed by atoms with Gasteiger partial charge in [0, 0.05) is 11.8 Å². The molecule has 0 aliphatic rings. The highest BCUT2D eigenvalue weighted by atomic mass is 79.9. The number of hydrogen-bond acceptors (Lipinski definition) is 3. The van der Waals surface area contributed by atoms with Crippen LogP contribution in [0, 0.1) is 0 Å². The van der Waals surface area contributed by atoms with Crippen LogP contribution in [0.5, 0.6) is 5.75 Å². The Balaban J connectivity index is 1.60. The molecule has 1 heterocycles. The van der Waals surface area contributed by atoms with Gasteiger partial charge in [-0.1, -0.05) is 37.6 Å². The van der Waals surface area contributed by atoms with Gasteiger partial charge >= 0.3 is 0 Å². The average Bonchev–Trinajstić information content (AvgIpc) is 3.08. The third-order valence-corrected chi connectivity index (χ3v) is 4.24. The Hall–Kier alpha value is -2.40. The molecule has 3 aromatic rings. The van der Waals surface area contributed by atoms with Gasteiger partial charge in [0.25, 0.3) is 5.91 Å².